The lowest BCUT2D eigenvalue weighted by Crippen LogP contribution is -2.29. The maximum Gasteiger partial charge on any atom is 0.331 e. The van der Waals surface area contributed by atoms with Gasteiger partial charge in [0.2, 0.25) is 0 Å². The Morgan fingerprint density at radius 3 is 1.53 bits per heavy atom. The Morgan fingerprint density at radius 1 is 0.638 bits per heavy atom. The first-order valence-electron chi connectivity index (χ1n) is 19.0. The number of pyridine rings is 2. The third-order valence-electron chi connectivity index (χ3n) is 9.09. The van der Waals surface area contributed by atoms with Crippen LogP contribution in [0.25, 0.3) is 28.1 Å². The Balaban J connectivity index is 0.000000173. The number of hydrogen-bond acceptors (Lipinski definition) is 7. The van der Waals surface area contributed by atoms with Crippen molar-refractivity contribution in [1.82, 2.24) is 19.1 Å². The van der Waals surface area contributed by atoms with Gasteiger partial charge in [0.1, 0.15) is 21.6 Å². The molecule has 0 bridgehead atoms. The molecule has 7 rings (SSSR count). The molecular formula is C46H47Cl2N4O5P. The molecule has 0 aliphatic heterocycles. The number of aliphatic hydroxyl groups is 1. The standard InChI is InChI=1S/C22H21O2P.C14H15ClN2O2.C10H11ClN2O/c1-2-24-22(23)18-25(19-12-6-3-7-13-19,20-14-8-4-9-15-20)21-16-10-5-11-17-21;1-3-17-11(6-8-13(18)19-4-2)9-10-5-7-12(15)16-14(10)17;1-2-13-8(6-14)5-7-3-4-9(11)12-10(7)13/h3-18H,2H2,1H3;5-9H,3-4H2,1-2H3;3-5,14H,2,6H2,1H3/b;8-6+;. The van der Waals surface area contributed by atoms with Crippen LogP contribution in [0.4, 0.5) is 0 Å². The number of carbonyl (C=O) groups excluding carboxylic acids is 2. The summed E-state index contributed by atoms with van der Waals surface area (Å²) in [5.41, 5.74) is 3.43. The minimum atomic E-state index is -2.24. The molecule has 0 fully saturated rings. The fraction of sp³-hybridized carbons (Fsp3) is 0.196. The Bertz CT molecular complexity index is 2420. The predicted molar refractivity (Wildman–Crippen MR) is 240 cm³/mol. The monoisotopic (exact) mass is 836 g/mol. The van der Waals surface area contributed by atoms with E-state index >= 15 is 0 Å². The second-order valence-corrected chi connectivity index (χ2v) is 16.7. The van der Waals surface area contributed by atoms with Crippen molar-refractivity contribution in [1.29, 1.82) is 0 Å². The number of hydrogen-bond donors (Lipinski definition) is 1. The Morgan fingerprint density at radius 2 is 1.09 bits per heavy atom. The first-order chi connectivity index (χ1) is 28.2. The summed E-state index contributed by atoms with van der Waals surface area (Å²) in [6.45, 7) is 7.71. The lowest BCUT2D eigenvalue weighted by Gasteiger charge is -2.28. The van der Waals surface area contributed by atoms with E-state index in [1.165, 1.54) is 6.08 Å². The van der Waals surface area contributed by atoms with Gasteiger partial charge in [-0.1, -0.05) is 114 Å². The van der Waals surface area contributed by atoms with Crippen molar-refractivity contribution in [3.63, 3.8) is 0 Å². The molecule has 0 aliphatic carbocycles. The first kappa shape index (κ1) is 43.7. The van der Waals surface area contributed by atoms with Crippen molar-refractivity contribution in [2.75, 3.05) is 13.2 Å². The minimum Gasteiger partial charge on any atom is -0.463 e. The number of benzene rings is 3. The van der Waals surface area contributed by atoms with E-state index in [-0.39, 0.29) is 18.5 Å². The number of esters is 2. The summed E-state index contributed by atoms with van der Waals surface area (Å²) in [5, 5.41) is 15.5. The van der Waals surface area contributed by atoms with Crippen LogP contribution in [0.5, 0.6) is 0 Å². The topological polar surface area (TPSA) is 108 Å². The average molecular weight is 838 g/mol. The molecule has 1 N–H and O–H groups in total. The number of fused-ring (bicyclic) bond motifs is 2. The fourth-order valence-corrected chi connectivity index (χ4v) is 10.5. The Kier molecular flexibility index (Phi) is 16.1. The van der Waals surface area contributed by atoms with Gasteiger partial charge in [-0.25, -0.2) is 19.6 Å². The van der Waals surface area contributed by atoms with Gasteiger partial charge in [0.05, 0.1) is 19.8 Å². The first-order valence-corrected chi connectivity index (χ1v) is 21.6. The molecule has 58 heavy (non-hydrogen) atoms. The molecule has 3 aromatic carbocycles. The number of rotatable bonds is 11. The quantitative estimate of drug-likeness (QED) is 0.0601. The smallest absolute Gasteiger partial charge is 0.331 e. The molecule has 0 saturated heterocycles. The molecule has 4 heterocycles. The van der Waals surface area contributed by atoms with Gasteiger partial charge in [-0.2, -0.15) is 0 Å². The number of carbonyl (C=O) groups is 2. The molecule has 300 valence electrons. The van der Waals surface area contributed by atoms with Crippen molar-refractivity contribution in [2.45, 2.75) is 47.4 Å². The summed E-state index contributed by atoms with van der Waals surface area (Å²) in [4.78, 5) is 32.4. The van der Waals surface area contributed by atoms with Gasteiger partial charge in [-0.15, -0.1) is 0 Å². The van der Waals surface area contributed by atoms with Gasteiger partial charge in [0.15, 0.2) is 0 Å². The van der Waals surface area contributed by atoms with Crippen LogP contribution in [0, 0.1) is 0 Å². The molecule has 0 atom stereocenters. The average Bonchev–Trinajstić information content (AvgIpc) is 3.79. The molecule has 0 radical (unpaired) electrons. The molecule has 7 aromatic rings. The summed E-state index contributed by atoms with van der Waals surface area (Å²) in [6, 6.07) is 42.0. The summed E-state index contributed by atoms with van der Waals surface area (Å²) in [7, 11) is 0. The minimum absolute atomic E-state index is 0.0296. The van der Waals surface area contributed by atoms with E-state index in [2.05, 4.69) is 46.4 Å². The van der Waals surface area contributed by atoms with E-state index in [4.69, 9.17) is 37.8 Å². The molecular weight excluding hydrogens is 790 g/mol. The third-order valence-corrected chi connectivity index (χ3v) is 13.4. The highest BCUT2D eigenvalue weighted by molar-refractivity contribution is 7.95. The van der Waals surface area contributed by atoms with Crippen LogP contribution in [0.3, 0.4) is 0 Å². The van der Waals surface area contributed by atoms with E-state index in [9.17, 15) is 9.59 Å². The highest BCUT2D eigenvalue weighted by atomic mass is 35.5. The van der Waals surface area contributed by atoms with Gasteiger partial charge in [-0.05, 0) is 93.0 Å². The lowest BCUT2D eigenvalue weighted by molar-refractivity contribution is -0.137. The van der Waals surface area contributed by atoms with E-state index in [0.29, 0.717) is 23.5 Å². The van der Waals surface area contributed by atoms with Crippen LogP contribution in [0.2, 0.25) is 10.3 Å². The maximum atomic E-state index is 12.5. The zero-order valence-electron chi connectivity index (χ0n) is 33.0. The molecule has 9 nitrogen and oxygen atoms in total. The van der Waals surface area contributed by atoms with Crippen molar-refractivity contribution in [3.05, 3.63) is 155 Å². The van der Waals surface area contributed by atoms with Gasteiger partial charge in [0, 0.05) is 47.1 Å². The van der Waals surface area contributed by atoms with Crippen molar-refractivity contribution >= 4 is 91.9 Å². The number of ether oxygens (including phenoxy) is 2. The van der Waals surface area contributed by atoms with Crippen LogP contribution >= 0.6 is 30.1 Å². The lowest BCUT2D eigenvalue weighted by atomic mass is 10.3. The number of aryl methyl sites for hydroxylation is 2. The number of nitrogens with zero attached hydrogens (tertiary/aromatic N) is 4. The molecule has 12 heteroatoms. The third kappa shape index (κ3) is 10.5. The Hall–Kier alpha value is -5.44. The van der Waals surface area contributed by atoms with Gasteiger partial charge in [-0.3, -0.25) is 0 Å². The van der Waals surface area contributed by atoms with Crippen LogP contribution < -0.4 is 15.9 Å². The van der Waals surface area contributed by atoms with E-state index in [0.717, 1.165) is 62.5 Å². The molecule has 0 amide bonds. The van der Waals surface area contributed by atoms with Crippen LogP contribution in [-0.4, -0.2) is 55.2 Å². The number of halogens is 2. The number of aliphatic hydroxyl groups excluding tert-OH is 1. The van der Waals surface area contributed by atoms with Gasteiger partial charge < -0.3 is 23.7 Å². The SMILES string of the molecule is CCOC(=O)/C=C/c1cc2ccc(Cl)nc2n1CC.CCOC(=O)C=P(c1ccccc1)(c1ccccc1)c1ccccc1.CCn1c(CO)cc2ccc(Cl)nc21. The molecule has 0 aliphatic rings. The zero-order chi connectivity index (χ0) is 41.5. The van der Waals surface area contributed by atoms with Crippen molar-refractivity contribution < 1.29 is 24.2 Å². The molecule has 0 unspecified atom stereocenters. The Labute approximate surface area is 349 Å². The maximum absolute atomic E-state index is 12.5. The zero-order valence-corrected chi connectivity index (χ0v) is 35.4. The van der Waals surface area contributed by atoms with Crippen molar-refractivity contribution in [3.8, 4) is 0 Å². The summed E-state index contributed by atoms with van der Waals surface area (Å²) >= 11 is 11.7. The van der Waals surface area contributed by atoms with Gasteiger partial charge in [0.25, 0.3) is 0 Å². The summed E-state index contributed by atoms with van der Waals surface area (Å²) in [5.74, 6) is 1.19. The summed E-state index contributed by atoms with van der Waals surface area (Å²) in [6.07, 6.45) is 3.16. The van der Waals surface area contributed by atoms with Gasteiger partial charge >= 0.3 is 11.9 Å². The predicted octanol–water partition coefficient (Wildman–Crippen LogP) is 8.83. The van der Waals surface area contributed by atoms with E-state index < -0.39 is 6.89 Å². The largest absolute Gasteiger partial charge is 0.463 e. The van der Waals surface area contributed by atoms with Crippen molar-refractivity contribution in [2.24, 2.45) is 0 Å². The highest BCUT2D eigenvalue weighted by Crippen LogP contribution is 2.43. The van der Waals surface area contributed by atoms with E-state index in [1.807, 2.05) is 109 Å². The highest BCUT2D eigenvalue weighted by Gasteiger charge is 2.26. The molecule has 4 aromatic heterocycles. The molecule has 0 saturated carbocycles. The molecule has 0 spiro atoms. The van der Waals surface area contributed by atoms with Crippen LogP contribution in [0.15, 0.2) is 133 Å². The summed E-state index contributed by atoms with van der Waals surface area (Å²) < 4.78 is 14.1. The van der Waals surface area contributed by atoms with Crippen LogP contribution in [0.1, 0.15) is 39.1 Å². The normalized spacial score (nSPS) is 11.1. The van der Waals surface area contributed by atoms with E-state index in [1.54, 1.807) is 30.9 Å². The van der Waals surface area contributed by atoms with Crippen LogP contribution in [-0.2, 0) is 38.8 Å². The fourth-order valence-electron chi connectivity index (χ4n) is 6.58. The number of aromatic nitrogens is 4. The second-order valence-electron chi connectivity index (χ2n) is 12.6. The second kappa shape index (κ2) is 21.4.